The Kier molecular flexibility index (Phi) is 10.6. The zero-order valence-corrected chi connectivity index (χ0v) is 19.3. The standard InChI is InChI=1S/C25H39NO4/c1-5-7-9-11-12-14-18-30-24-23(29-17-13-10-8-6-2)21-16-15-20(28-4)19-22(21)26(3)25(24)27/h15-16,19H,5-14,17-18H2,1-4H3. The zero-order chi connectivity index (χ0) is 21.8. The highest BCUT2D eigenvalue weighted by molar-refractivity contribution is 5.89. The maximum atomic E-state index is 13.1. The molecule has 1 aromatic carbocycles. The highest BCUT2D eigenvalue weighted by atomic mass is 16.5. The van der Waals surface area contributed by atoms with Crippen LogP contribution in [0.15, 0.2) is 23.0 Å². The lowest BCUT2D eigenvalue weighted by molar-refractivity contribution is 0.257. The molecule has 168 valence electrons. The average molecular weight is 418 g/mol. The van der Waals surface area contributed by atoms with E-state index in [1.165, 1.54) is 38.5 Å². The van der Waals surface area contributed by atoms with E-state index in [2.05, 4.69) is 13.8 Å². The molecule has 0 radical (unpaired) electrons. The van der Waals surface area contributed by atoms with E-state index < -0.39 is 0 Å². The van der Waals surface area contributed by atoms with Crippen molar-refractivity contribution in [2.45, 2.75) is 78.1 Å². The Balaban J connectivity index is 2.21. The molecule has 1 heterocycles. The first-order chi connectivity index (χ1) is 14.6. The van der Waals surface area contributed by atoms with Crippen molar-refractivity contribution >= 4 is 10.9 Å². The Morgan fingerprint density at radius 1 is 0.800 bits per heavy atom. The number of ether oxygens (including phenoxy) is 3. The molecule has 5 nitrogen and oxygen atoms in total. The van der Waals surface area contributed by atoms with Gasteiger partial charge in [-0.1, -0.05) is 65.2 Å². The van der Waals surface area contributed by atoms with Crippen LogP contribution in [0, 0.1) is 0 Å². The molecule has 0 amide bonds. The highest BCUT2D eigenvalue weighted by Crippen LogP contribution is 2.34. The molecule has 0 fully saturated rings. The summed E-state index contributed by atoms with van der Waals surface area (Å²) in [6.07, 6.45) is 11.6. The fraction of sp³-hybridized carbons (Fsp3) is 0.640. The van der Waals surface area contributed by atoms with Crippen LogP contribution in [0.2, 0.25) is 0 Å². The summed E-state index contributed by atoms with van der Waals surface area (Å²) >= 11 is 0. The van der Waals surface area contributed by atoms with Gasteiger partial charge in [0.15, 0.2) is 5.75 Å². The summed E-state index contributed by atoms with van der Waals surface area (Å²) in [6, 6.07) is 5.72. The molecule has 0 N–H and O–H groups in total. The van der Waals surface area contributed by atoms with Gasteiger partial charge in [0, 0.05) is 18.5 Å². The van der Waals surface area contributed by atoms with Gasteiger partial charge in [0.25, 0.3) is 5.56 Å². The highest BCUT2D eigenvalue weighted by Gasteiger charge is 2.19. The molecular formula is C25H39NO4. The number of benzene rings is 1. The summed E-state index contributed by atoms with van der Waals surface area (Å²) in [5.74, 6) is 1.62. The second-order valence-electron chi connectivity index (χ2n) is 7.93. The SMILES string of the molecule is CCCCCCCCOc1c(OCCCCCC)c2ccc(OC)cc2n(C)c1=O. The lowest BCUT2D eigenvalue weighted by Crippen LogP contribution is -2.21. The molecule has 0 spiro atoms. The minimum absolute atomic E-state index is 0.162. The Labute approximate surface area is 181 Å². The third-order valence-electron chi connectivity index (χ3n) is 5.50. The number of rotatable bonds is 15. The first-order valence-electron chi connectivity index (χ1n) is 11.6. The van der Waals surface area contributed by atoms with Crippen LogP contribution in [0.25, 0.3) is 10.9 Å². The van der Waals surface area contributed by atoms with Crippen LogP contribution in [-0.4, -0.2) is 24.9 Å². The molecule has 0 aliphatic heterocycles. The van der Waals surface area contributed by atoms with Crippen molar-refractivity contribution in [3.8, 4) is 17.2 Å². The maximum Gasteiger partial charge on any atom is 0.297 e. The van der Waals surface area contributed by atoms with Gasteiger partial charge in [-0.3, -0.25) is 4.79 Å². The van der Waals surface area contributed by atoms with E-state index in [4.69, 9.17) is 14.2 Å². The van der Waals surface area contributed by atoms with Gasteiger partial charge in [-0.2, -0.15) is 0 Å². The molecule has 0 saturated heterocycles. The molecule has 2 rings (SSSR count). The Morgan fingerprint density at radius 3 is 2.00 bits per heavy atom. The number of nitrogens with zero attached hydrogens (tertiary/aromatic N) is 1. The van der Waals surface area contributed by atoms with Gasteiger partial charge >= 0.3 is 0 Å². The van der Waals surface area contributed by atoms with Crippen LogP contribution in [0.1, 0.15) is 78.1 Å². The second-order valence-corrected chi connectivity index (χ2v) is 7.93. The molecule has 0 saturated carbocycles. The monoisotopic (exact) mass is 417 g/mol. The normalized spacial score (nSPS) is 11.1. The smallest absolute Gasteiger partial charge is 0.297 e. The van der Waals surface area contributed by atoms with Crippen molar-refractivity contribution in [2.24, 2.45) is 7.05 Å². The molecule has 0 bridgehead atoms. The fourth-order valence-corrected chi connectivity index (χ4v) is 3.62. The number of pyridine rings is 1. The van der Waals surface area contributed by atoms with E-state index in [1.54, 1.807) is 18.7 Å². The van der Waals surface area contributed by atoms with Crippen LogP contribution in [0.5, 0.6) is 17.2 Å². The van der Waals surface area contributed by atoms with E-state index >= 15 is 0 Å². The summed E-state index contributed by atoms with van der Waals surface area (Å²) < 4.78 is 19.1. The first-order valence-corrected chi connectivity index (χ1v) is 11.6. The number of hydrogen-bond acceptors (Lipinski definition) is 4. The molecule has 2 aromatic rings. The van der Waals surface area contributed by atoms with E-state index in [1.807, 2.05) is 18.2 Å². The number of methoxy groups -OCH3 is 1. The van der Waals surface area contributed by atoms with Crippen molar-refractivity contribution in [2.75, 3.05) is 20.3 Å². The Hall–Kier alpha value is -2.17. The van der Waals surface area contributed by atoms with E-state index in [-0.39, 0.29) is 5.56 Å². The van der Waals surface area contributed by atoms with Crippen molar-refractivity contribution in [3.05, 3.63) is 28.6 Å². The number of aryl methyl sites for hydroxylation is 1. The topological polar surface area (TPSA) is 49.7 Å². The Bertz CT molecular complexity index is 828. The third-order valence-corrected chi connectivity index (χ3v) is 5.50. The first kappa shape index (κ1) is 24.1. The molecule has 0 aliphatic rings. The predicted molar refractivity (Wildman–Crippen MR) is 124 cm³/mol. The van der Waals surface area contributed by atoms with Gasteiger partial charge in [-0.15, -0.1) is 0 Å². The van der Waals surface area contributed by atoms with E-state index in [0.29, 0.717) is 30.5 Å². The molecule has 0 atom stereocenters. The minimum Gasteiger partial charge on any atom is -0.497 e. The third kappa shape index (κ3) is 6.68. The lowest BCUT2D eigenvalue weighted by atomic mass is 10.1. The van der Waals surface area contributed by atoms with Crippen molar-refractivity contribution in [3.63, 3.8) is 0 Å². The van der Waals surface area contributed by atoms with Gasteiger partial charge in [0.1, 0.15) is 5.75 Å². The van der Waals surface area contributed by atoms with Gasteiger partial charge in [0.2, 0.25) is 5.75 Å². The summed E-state index contributed by atoms with van der Waals surface area (Å²) in [4.78, 5) is 13.1. The molecule has 30 heavy (non-hydrogen) atoms. The number of hydrogen-bond donors (Lipinski definition) is 0. The number of unbranched alkanes of at least 4 members (excludes halogenated alkanes) is 8. The average Bonchev–Trinajstić information content (AvgIpc) is 2.77. The van der Waals surface area contributed by atoms with Crippen LogP contribution < -0.4 is 19.8 Å². The fourth-order valence-electron chi connectivity index (χ4n) is 3.62. The molecule has 1 aromatic heterocycles. The summed E-state index contributed by atoms with van der Waals surface area (Å²) in [5.41, 5.74) is 0.625. The van der Waals surface area contributed by atoms with Gasteiger partial charge in [-0.25, -0.2) is 0 Å². The minimum atomic E-state index is -0.162. The Morgan fingerprint density at radius 2 is 1.37 bits per heavy atom. The van der Waals surface area contributed by atoms with Crippen molar-refractivity contribution in [1.29, 1.82) is 0 Å². The van der Waals surface area contributed by atoms with E-state index in [9.17, 15) is 4.79 Å². The van der Waals surface area contributed by atoms with Crippen molar-refractivity contribution < 1.29 is 14.2 Å². The lowest BCUT2D eigenvalue weighted by Gasteiger charge is -2.17. The maximum absolute atomic E-state index is 13.1. The number of fused-ring (bicyclic) bond motifs is 1. The van der Waals surface area contributed by atoms with Crippen LogP contribution in [0.4, 0.5) is 0 Å². The van der Waals surface area contributed by atoms with Crippen LogP contribution in [-0.2, 0) is 7.05 Å². The van der Waals surface area contributed by atoms with Crippen molar-refractivity contribution in [1.82, 2.24) is 4.57 Å². The van der Waals surface area contributed by atoms with Gasteiger partial charge in [0.05, 0.1) is 25.8 Å². The predicted octanol–water partition coefficient (Wildman–Crippen LogP) is 6.25. The summed E-state index contributed by atoms with van der Waals surface area (Å²) in [7, 11) is 3.40. The van der Waals surface area contributed by atoms with Gasteiger partial charge < -0.3 is 18.8 Å². The molecule has 5 heteroatoms. The second kappa shape index (κ2) is 13.2. The largest absolute Gasteiger partial charge is 0.497 e. The molecular weight excluding hydrogens is 378 g/mol. The van der Waals surface area contributed by atoms with Gasteiger partial charge in [-0.05, 0) is 25.0 Å². The summed E-state index contributed by atoms with van der Waals surface area (Å²) in [5, 5.41) is 0.881. The van der Waals surface area contributed by atoms with Crippen LogP contribution >= 0.6 is 0 Å². The quantitative estimate of drug-likeness (QED) is 0.322. The summed E-state index contributed by atoms with van der Waals surface area (Å²) in [6.45, 7) is 5.53. The number of aromatic nitrogens is 1. The van der Waals surface area contributed by atoms with Crippen LogP contribution in [0.3, 0.4) is 0 Å². The van der Waals surface area contributed by atoms with E-state index in [0.717, 1.165) is 36.6 Å². The molecule has 0 unspecified atom stereocenters. The molecule has 0 aliphatic carbocycles. The zero-order valence-electron chi connectivity index (χ0n) is 19.3.